The van der Waals surface area contributed by atoms with E-state index in [-0.39, 0.29) is 58.8 Å². The molecule has 0 aliphatic heterocycles. The van der Waals surface area contributed by atoms with E-state index in [2.05, 4.69) is 33.8 Å². The van der Waals surface area contributed by atoms with Crippen LogP contribution in [-0.2, 0) is 28.6 Å². The predicted octanol–water partition coefficient (Wildman–Crippen LogP) is 5.87. The van der Waals surface area contributed by atoms with Crippen LogP contribution in [0.15, 0.2) is 11.6 Å². The van der Waals surface area contributed by atoms with Gasteiger partial charge in [0.25, 0.3) is 0 Å². The molecule has 0 spiro atoms. The molecule has 4 aliphatic carbocycles. The number of hydrogen-bond donors (Lipinski definition) is 1. The zero-order valence-electron chi connectivity index (χ0n) is 26.4. The number of ether oxygens (including phenoxy) is 3. The van der Waals surface area contributed by atoms with Crippen LogP contribution in [0.5, 0.6) is 0 Å². The van der Waals surface area contributed by atoms with Crippen molar-refractivity contribution in [3.63, 3.8) is 0 Å². The van der Waals surface area contributed by atoms with Gasteiger partial charge in [0, 0.05) is 5.92 Å². The Kier molecular flexibility index (Phi) is 7.64. The minimum absolute atomic E-state index is 0.0465. The van der Waals surface area contributed by atoms with Crippen molar-refractivity contribution < 1.29 is 33.7 Å². The van der Waals surface area contributed by atoms with Gasteiger partial charge in [-0.15, -0.1) is 0 Å². The van der Waals surface area contributed by atoms with Gasteiger partial charge < -0.3 is 19.3 Å². The van der Waals surface area contributed by atoms with E-state index in [0.717, 1.165) is 25.7 Å². The van der Waals surface area contributed by atoms with Gasteiger partial charge in [-0.25, -0.2) is 0 Å². The zero-order chi connectivity index (χ0) is 30.1. The maximum absolute atomic E-state index is 13.5. The van der Waals surface area contributed by atoms with Crippen LogP contribution in [0.2, 0.25) is 0 Å². The summed E-state index contributed by atoms with van der Waals surface area (Å²) in [6, 6.07) is 0. The van der Waals surface area contributed by atoms with Gasteiger partial charge in [-0.2, -0.15) is 0 Å². The van der Waals surface area contributed by atoms with Crippen LogP contribution >= 0.6 is 0 Å². The molecule has 0 amide bonds. The highest BCUT2D eigenvalue weighted by Crippen LogP contribution is 2.75. The highest BCUT2D eigenvalue weighted by Gasteiger charge is 2.71. The first-order chi connectivity index (χ1) is 18.4. The van der Waals surface area contributed by atoms with Gasteiger partial charge in [-0.05, 0) is 99.7 Å². The standard InChI is InChI=1S/C33H52O7/c1-20-13-16-33(27(36)40-10)18-17-30(5)21(25(33)32(20,7)37)11-12-23-29(4,19-24(34)38-8)22(14-15-31(23,30)6)28(2,3)26(35)39-9/h11,20,22-23,25,37H,12-19H2,1-10H3. The van der Waals surface area contributed by atoms with E-state index in [9.17, 15) is 19.5 Å². The summed E-state index contributed by atoms with van der Waals surface area (Å²) in [5.41, 5.74) is -2.42. The molecule has 0 heterocycles. The molecule has 0 aromatic carbocycles. The Hall–Kier alpha value is -1.89. The number of hydrogen-bond acceptors (Lipinski definition) is 7. The molecule has 226 valence electrons. The Morgan fingerprint density at radius 3 is 2.17 bits per heavy atom. The summed E-state index contributed by atoms with van der Waals surface area (Å²) in [5, 5.41) is 12.1. The highest BCUT2D eigenvalue weighted by molar-refractivity contribution is 5.79. The molecule has 4 rings (SSSR count). The lowest BCUT2D eigenvalue weighted by Gasteiger charge is -2.70. The smallest absolute Gasteiger partial charge is 0.312 e. The maximum Gasteiger partial charge on any atom is 0.312 e. The summed E-state index contributed by atoms with van der Waals surface area (Å²) >= 11 is 0. The SMILES string of the molecule is COC(=O)CC1(C)C(C(C)(C)C(=O)OC)CCC2(C)C1CC=C1C3C(C(=O)OC)(CCC(C)C3(C)O)CCC12C. The van der Waals surface area contributed by atoms with Crippen molar-refractivity contribution in [2.75, 3.05) is 21.3 Å². The second-order valence-corrected chi connectivity index (χ2v) is 15.0. The number of allylic oxidation sites excluding steroid dienone is 1. The largest absolute Gasteiger partial charge is 0.469 e. The summed E-state index contributed by atoms with van der Waals surface area (Å²) in [6.07, 6.45) is 7.83. The Bertz CT molecular complexity index is 1090. The summed E-state index contributed by atoms with van der Waals surface area (Å²) in [5.74, 6) is -1.02. The number of aliphatic hydroxyl groups is 1. The molecule has 7 heteroatoms. The minimum atomic E-state index is -1.05. The number of esters is 3. The van der Waals surface area contributed by atoms with Gasteiger partial charge in [0.1, 0.15) is 0 Å². The second kappa shape index (κ2) is 9.84. The second-order valence-electron chi connectivity index (χ2n) is 15.0. The van der Waals surface area contributed by atoms with Crippen LogP contribution in [0.3, 0.4) is 0 Å². The topological polar surface area (TPSA) is 99.1 Å². The molecule has 0 aromatic heterocycles. The molecule has 9 unspecified atom stereocenters. The van der Waals surface area contributed by atoms with Crippen molar-refractivity contribution in [2.45, 2.75) is 105 Å². The van der Waals surface area contributed by atoms with Crippen LogP contribution in [0.1, 0.15) is 99.8 Å². The predicted molar refractivity (Wildman–Crippen MR) is 152 cm³/mol. The van der Waals surface area contributed by atoms with Crippen molar-refractivity contribution in [3.05, 3.63) is 11.6 Å². The van der Waals surface area contributed by atoms with E-state index in [0.29, 0.717) is 19.3 Å². The van der Waals surface area contributed by atoms with E-state index < -0.39 is 21.8 Å². The first kappa shape index (κ1) is 31.1. The van der Waals surface area contributed by atoms with Crippen molar-refractivity contribution in [1.82, 2.24) is 0 Å². The molecule has 0 bridgehead atoms. The molecule has 0 radical (unpaired) electrons. The fourth-order valence-corrected chi connectivity index (χ4v) is 10.6. The van der Waals surface area contributed by atoms with E-state index in [1.807, 2.05) is 20.8 Å². The normalized spacial score (nSPS) is 44.7. The van der Waals surface area contributed by atoms with Gasteiger partial charge in [-0.3, -0.25) is 14.4 Å². The van der Waals surface area contributed by atoms with Crippen molar-refractivity contribution in [3.8, 4) is 0 Å². The summed E-state index contributed by atoms with van der Waals surface area (Å²) < 4.78 is 15.9. The molecule has 3 saturated carbocycles. The molecule has 7 nitrogen and oxygen atoms in total. The Labute approximate surface area is 240 Å². The number of fused-ring (bicyclic) bond motifs is 5. The Morgan fingerprint density at radius 1 is 0.950 bits per heavy atom. The molecule has 9 atom stereocenters. The van der Waals surface area contributed by atoms with Crippen LogP contribution in [0.4, 0.5) is 0 Å². The van der Waals surface area contributed by atoms with Crippen LogP contribution in [0, 0.1) is 50.7 Å². The summed E-state index contributed by atoms with van der Waals surface area (Å²) in [4.78, 5) is 39.5. The number of methoxy groups -OCH3 is 3. The summed E-state index contributed by atoms with van der Waals surface area (Å²) in [7, 11) is 4.32. The molecule has 3 fully saturated rings. The van der Waals surface area contributed by atoms with Crippen molar-refractivity contribution >= 4 is 17.9 Å². The van der Waals surface area contributed by atoms with E-state index in [1.165, 1.54) is 26.9 Å². The lowest BCUT2D eigenvalue weighted by molar-refractivity contribution is -0.208. The van der Waals surface area contributed by atoms with Crippen molar-refractivity contribution in [1.29, 1.82) is 0 Å². The first-order valence-electron chi connectivity index (χ1n) is 15.1. The lowest BCUT2D eigenvalue weighted by Crippen LogP contribution is -2.67. The first-order valence-corrected chi connectivity index (χ1v) is 15.1. The average molecular weight is 561 g/mol. The van der Waals surface area contributed by atoms with Crippen LogP contribution in [-0.4, -0.2) is 49.9 Å². The van der Waals surface area contributed by atoms with Gasteiger partial charge in [0.05, 0.1) is 44.2 Å². The molecule has 0 aromatic rings. The molecule has 1 N–H and O–H groups in total. The third-order valence-corrected chi connectivity index (χ3v) is 13.3. The number of rotatable bonds is 5. The van der Waals surface area contributed by atoms with Crippen LogP contribution < -0.4 is 0 Å². The van der Waals surface area contributed by atoms with Gasteiger partial charge >= 0.3 is 17.9 Å². The fourth-order valence-electron chi connectivity index (χ4n) is 10.6. The number of carbonyl (C=O) groups excluding carboxylic acids is 3. The van der Waals surface area contributed by atoms with Gasteiger partial charge in [0.2, 0.25) is 0 Å². The quantitative estimate of drug-likeness (QED) is 0.255. The Morgan fingerprint density at radius 2 is 1.60 bits per heavy atom. The van der Waals surface area contributed by atoms with E-state index in [1.54, 1.807) is 0 Å². The molecule has 40 heavy (non-hydrogen) atoms. The van der Waals surface area contributed by atoms with E-state index >= 15 is 0 Å². The zero-order valence-corrected chi connectivity index (χ0v) is 26.4. The Balaban J connectivity index is 1.90. The third-order valence-electron chi connectivity index (χ3n) is 13.3. The fraction of sp³-hybridized carbons (Fsp3) is 0.848. The van der Waals surface area contributed by atoms with Crippen LogP contribution in [0.25, 0.3) is 0 Å². The molecule has 4 aliphatic rings. The monoisotopic (exact) mass is 560 g/mol. The maximum atomic E-state index is 13.5. The third kappa shape index (κ3) is 3.95. The van der Waals surface area contributed by atoms with E-state index in [4.69, 9.17) is 14.2 Å². The lowest BCUT2D eigenvalue weighted by atomic mass is 9.34. The highest BCUT2D eigenvalue weighted by atomic mass is 16.5. The molecular weight excluding hydrogens is 508 g/mol. The molecular formula is C33H52O7. The van der Waals surface area contributed by atoms with Crippen molar-refractivity contribution in [2.24, 2.45) is 50.7 Å². The van der Waals surface area contributed by atoms with Gasteiger partial charge in [-0.1, -0.05) is 39.3 Å². The molecule has 0 saturated heterocycles. The number of carbonyl (C=O) groups is 3. The minimum Gasteiger partial charge on any atom is -0.469 e. The van der Waals surface area contributed by atoms with Gasteiger partial charge in [0.15, 0.2) is 0 Å². The average Bonchev–Trinajstić information content (AvgIpc) is 2.89. The summed E-state index contributed by atoms with van der Waals surface area (Å²) in [6.45, 7) is 14.7.